The molecule has 0 spiro atoms. The van der Waals surface area contributed by atoms with E-state index in [9.17, 15) is 8.42 Å². The van der Waals surface area contributed by atoms with Gasteiger partial charge < -0.3 is 5.32 Å². The highest BCUT2D eigenvalue weighted by Crippen LogP contribution is 2.24. The molecule has 0 saturated carbocycles. The SMILES string of the molecule is NS(=O)(=O)c1ccc(Nc2ncc3ccc(-c4ccncc4)cc3n2)cc1. The Morgan fingerprint density at radius 2 is 1.63 bits per heavy atom. The molecule has 134 valence electrons. The largest absolute Gasteiger partial charge is 0.324 e. The number of pyridine rings is 1. The Kier molecular flexibility index (Phi) is 4.27. The van der Waals surface area contributed by atoms with Crippen LogP contribution < -0.4 is 10.5 Å². The maximum Gasteiger partial charge on any atom is 0.238 e. The Labute approximate surface area is 156 Å². The molecule has 7 nitrogen and oxygen atoms in total. The monoisotopic (exact) mass is 377 g/mol. The molecule has 2 aromatic carbocycles. The second-order valence-electron chi connectivity index (χ2n) is 5.90. The summed E-state index contributed by atoms with van der Waals surface area (Å²) in [6.45, 7) is 0. The number of nitrogens with zero attached hydrogens (tertiary/aromatic N) is 3. The van der Waals surface area contributed by atoms with E-state index in [0.29, 0.717) is 11.6 Å². The van der Waals surface area contributed by atoms with E-state index in [-0.39, 0.29) is 4.90 Å². The number of fused-ring (bicyclic) bond motifs is 1. The minimum Gasteiger partial charge on any atom is -0.324 e. The van der Waals surface area contributed by atoms with Gasteiger partial charge in [-0.25, -0.2) is 23.5 Å². The van der Waals surface area contributed by atoms with Crippen LogP contribution in [-0.2, 0) is 10.0 Å². The van der Waals surface area contributed by atoms with Crippen molar-refractivity contribution in [3.05, 3.63) is 73.2 Å². The fourth-order valence-corrected chi connectivity index (χ4v) is 3.18. The van der Waals surface area contributed by atoms with Crippen LogP contribution in [0.4, 0.5) is 11.6 Å². The van der Waals surface area contributed by atoms with Crippen molar-refractivity contribution < 1.29 is 8.42 Å². The lowest BCUT2D eigenvalue weighted by Crippen LogP contribution is -2.11. The van der Waals surface area contributed by atoms with Crippen molar-refractivity contribution in [1.82, 2.24) is 15.0 Å². The maximum atomic E-state index is 11.3. The zero-order chi connectivity index (χ0) is 18.9. The molecule has 0 fully saturated rings. The Hall–Kier alpha value is -3.36. The highest BCUT2D eigenvalue weighted by molar-refractivity contribution is 7.89. The van der Waals surface area contributed by atoms with Gasteiger partial charge >= 0.3 is 0 Å². The van der Waals surface area contributed by atoms with Gasteiger partial charge in [-0.2, -0.15) is 0 Å². The number of nitrogens with one attached hydrogen (secondary N) is 1. The molecule has 2 heterocycles. The van der Waals surface area contributed by atoms with Gasteiger partial charge in [0.05, 0.1) is 10.4 Å². The van der Waals surface area contributed by atoms with E-state index >= 15 is 0 Å². The fourth-order valence-electron chi connectivity index (χ4n) is 2.66. The van der Waals surface area contributed by atoms with E-state index < -0.39 is 10.0 Å². The van der Waals surface area contributed by atoms with Gasteiger partial charge in [-0.15, -0.1) is 0 Å². The number of primary sulfonamides is 1. The standard InChI is InChI=1S/C19H15N5O2S/c20-27(25,26)17-5-3-16(4-6-17)23-19-22-12-15-2-1-14(11-18(15)24-19)13-7-9-21-10-8-13/h1-12H,(H2,20,25,26)(H,22,23,24). The van der Waals surface area contributed by atoms with Gasteiger partial charge in [0.25, 0.3) is 0 Å². The van der Waals surface area contributed by atoms with Crippen molar-refractivity contribution in [2.75, 3.05) is 5.32 Å². The van der Waals surface area contributed by atoms with Crippen molar-refractivity contribution >= 4 is 32.6 Å². The Morgan fingerprint density at radius 3 is 2.33 bits per heavy atom. The molecule has 3 N–H and O–H groups in total. The first-order valence-electron chi connectivity index (χ1n) is 8.06. The first-order valence-corrected chi connectivity index (χ1v) is 9.61. The number of anilines is 2. The lowest BCUT2D eigenvalue weighted by Gasteiger charge is -2.08. The molecule has 0 amide bonds. The van der Waals surface area contributed by atoms with E-state index in [1.165, 1.54) is 12.1 Å². The van der Waals surface area contributed by atoms with Crippen molar-refractivity contribution in [2.24, 2.45) is 5.14 Å². The third-order valence-corrected chi connectivity index (χ3v) is 4.96. The average Bonchev–Trinajstić information content (AvgIpc) is 2.68. The molecule has 0 aliphatic carbocycles. The van der Waals surface area contributed by atoms with Crippen molar-refractivity contribution in [3.63, 3.8) is 0 Å². The van der Waals surface area contributed by atoms with Crippen LogP contribution in [-0.4, -0.2) is 23.4 Å². The molecule has 4 aromatic rings. The van der Waals surface area contributed by atoms with E-state index in [1.54, 1.807) is 30.7 Å². The van der Waals surface area contributed by atoms with Crippen LogP contribution in [0.15, 0.2) is 78.1 Å². The third kappa shape index (κ3) is 3.76. The maximum absolute atomic E-state index is 11.3. The Morgan fingerprint density at radius 1 is 0.889 bits per heavy atom. The zero-order valence-electron chi connectivity index (χ0n) is 14.1. The van der Waals surface area contributed by atoms with E-state index in [1.807, 2.05) is 30.3 Å². The number of nitrogens with two attached hydrogens (primary N) is 1. The molecule has 0 bridgehead atoms. The van der Waals surface area contributed by atoms with Crippen molar-refractivity contribution in [3.8, 4) is 11.1 Å². The number of sulfonamides is 1. The van der Waals surface area contributed by atoms with Crippen LogP contribution in [0.1, 0.15) is 0 Å². The van der Waals surface area contributed by atoms with Crippen LogP contribution >= 0.6 is 0 Å². The minimum atomic E-state index is -3.72. The van der Waals surface area contributed by atoms with Gasteiger partial charge in [0.1, 0.15) is 0 Å². The molecule has 0 saturated heterocycles. The van der Waals surface area contributed by atoms with Crippen LogP contribution in [0, 0.1) is 0 Å². The van der Waals surface area contributed by atoms with Gasteiger partial charge in [0, 0.05) is 29.7 Å². The Balaban J connectivity index is 1.64. The third-order valence-electron chi connectivity index (χ3n) is 4.04. The van der Waals surface area contributed by atoms with Gasteiger partial charge in [-0.3, -0.25) is 4.98 Å². The summed E-state index contributed by atoms with van der Waals surface area (Å²) in [5, 5.41) is 9.09. The van der Waals surface area contributed by atoms with Crippen LogP contribution in [0.2, 0.25) is 0 Å². The average molecular weight is 377 g/mol. The molecule has 4 rings (SSSR count). The number of hydrogen-bond acceptors (Lipinski definition) is 6. The van der Waals surface area contributed by atoms with Crippen LogP contribution in [0.3, 0.4) is 0 Å². The zero-order valence-corrected chi connectivity index (χ0v) is 14.9. The molecule has 2 aromatic heterocycles. The summed E-state index contributed by atoms with van der Waals surface area (Å²) in [6, 6.07) is 15.9. The minimum absolute atomic E-state index is 0.0504. The molecule has 27 heavy (non-hydrogen) atoms. The molecule has 0 aliphatic heterocycles. The van der Waals surface area contributed by atoms with Crippen LogP contribution in [0.5, 0.6) is 0 Å². The van der Waals surface area contributed by atoms with Crippen LogP contribution in [0.25, 0.3) is 22.0 Å². The first kappa shape index (κ1) is 17.1. The summed E-state index contributed by atoms with van der Waals surface area (Å²) in [5.41, 5.74) is 3.54. The predicted molar refractivity (Wildman–Crippen MR) is 104 cm³/mol. The molecule has 0 unspecified atom stereocenters. The number of benzene rings is 2. The molecule has 0 aliphatic rings. The first-order chi connectivity index (χ1) is 13.0. The normalized spacial score (nSPS) is 11.4. The summed E-state index contributed by atoms with van der Waals surface area (Å²) in [7, 11) is -3.72. The topological polar surface area (TPSA) is 111 Å². The van der Waals surface area contributed by atoms with E-state index in [4.69, 9.17) is 5.14 Å². The quantitative estimate of drug-likeness (QED) is 0.565. The second kappa shape index (κ2) is 6.75. The lowest BCUT2D eigenvalue weighted by atomic mass is 10.1. The summed E-state index contributed by atoms with van der Waals surface area (Å²) in [5.74, 6) is 0.415. The van der Waals surface area contributed by atoms with Gasteiger partial charge in [-0.05, 0) is 53.6 Å². The van der Waals surface area contributed by atoms with E-state index in [2.05, 4.69) is 20.3 Å². The molecular formula is C19H15N5O2S. The molecular weight excluding hydrogens is 362 g/mol. The lowest BCUT2D eigenvalue weighted by molar-refractivity contribution is 0.598. The highest BCUT2D eigenvalue weighted by Gasteiger charge is 2.08. The van der Waals surface area contributed by atoms with Crippen molar-refractivity contribution in [1.29, 1.82) is 0 Å². The van der Waals surface area contributed by atoms with E-state index in [0.717, 1.165) is 22.0 Å². The molecule has 8 heteroatoms. The molecule has 0 radical (unpaired) electrons. The smallest absolute Gasteiger partial charge is 0.238 e. The summed E-state index contributed by atoms with van der Waals surface area (Å²) in [4.78, 5) is 12.9. The predicted octanol–water partition coefficient (Wildman–Crippen LogP) is 3.08. The van der Waals surface area contributed by atoms with Gasteiger partial charge in [0.2, 0.25) is 16.0 Å². The van der Waals surface area contributed by atoms with Crippen molar-refractivity contribution in [2.45, 2.75) is 4.90 Å². The number of rotatable bonds is 4. The molecule has 0 atom stereocenters. The van der Waals surface area contributed by atoms with Gasteiger partial charge in [0.15, 0.2) is 0 Å². The number of hydrogen-bond donors (Lipinski definition) is 2. The Bertz CT molecular complexity index is 1210. The number of aromatic nitrogens is 3. The fraction of sp³-hybridized carbons (Fsp3) is 0. The second-order valence-corrected chi connectivity index (χ2v) is 7.46. The highest BCUT2D eigenvalue weighted by atomic mass is 32.2. The summed E-state index contributed by atoms with van der Waals surface area (Å²) in [6.07, 6.45) is 5.23. The summed E-state index contributed by atoms with van der Waals surface area (Å²) < 4.78 is 22.7. The van der Waals surface area contributed by atoms with Gasteiger partial charge in [-0.1, -0.05) is 12.1 Å². The summed E-state index contributed by atoms with van der Waals surface area (Å²) >= 11 is 0.